The average molecular weight is 555 g/mol. The number of thiocarbonyl (C=S) groups is 1. The second-order valence-corrected chi connectivity index (χ2v) is 9.56. The molecule has 0 fully saturated rings. The zero-order valence-corrected chi connectivity index (χ0v) is 22.0. The van der Waals surface area contributed by atoms with Crippen LogP contribution in [0.3, 0.4) is 0 Å². The second kappa shape index (κ2) is 13.0. The van der Waals surface area contributed by atoms with Crippen LogP contribution in [0.2, 0.25) is 0 Å². The summed E-state index contributed by atoms with van der Waals surface area (Å²) in [5, 5.41) is 8.64. The van der Waals surface area contributed by atoms with E-state index in [9.17, 15) is 9.59 Å². The van der Waals surface area contributed by atoms with Gasteiger partial charge in [-0.25, -0.2) is 0 Å². The first kappa shape index (κ1) is 26.4. The molecule has 35 heavy (non-hydrogen) atoms. The van der Waals surface area contributed by atoms with Crippen molar-refractivity contribution in [3.63, 3.8) is 0 Å². The third kappa shape index (κ3) is 8.19. The monoisotopic (exact) mass is 553 g/mol. The van der Waals surface area contributed by atoms with E-state index in [1.54, 1.807) is 42.5 Å². The van der Waals surface area contributed by atoms with Gasteiger partial charge in [-0.15, -0.1) is 0 Å². The Morgan fingerprint density at radius 3 is 2.40 bits per heavy atom. The van der Waals surface area contributed by atoms with Crippen LogP contribution in [-0.4, -0.2) is 30.1 Å². The lowest BCUT2D eigenvalue weighted by atomic mass is 10.1. The third-order valence-corrected chi connectivity index (χ3v) is 5.78. The number of halogens is 1. The number of amides is 2. The lowest BCUT2D eigenvalue weighted by molar-refractivity contribution is 0.0953. The number of carbonyl (C=O) groups is 2. The number of para-hydroxylation sites is 1. The van der Waals surface area contributed by atoms with Crippen molar-refractivity contribution in [3.05, 3.63) is 94.0 Å². The van der Waals surface area contributed by atoms with Gasteiger partial charge in [0.1, 0.15) is 5.75 Å². The molecule has 3 aromatic rings. The van der Waals surface area contributed by atoms with Crippen molar-refractivity contribution in [1.29, 1.82) is 0 Å². The summed E-state index contributed by atoms with van der Waals surface area (Å²) in [6.45, 7) is 5.22. The van der Waals surface area contributed by atoms with Crippen molar-refractivity contribution < 1.29 is 14.3 Å². The van der Waals surface area contributed by atoms with E-state index in [4.69, 9.17) is 17.0 Å². The van der Waals surface area contributed by atoms with Crippen LogP contribution in [0.1, 0.15) is 40.1 Å². The summed E-state index contributed by atoms with van der Waals surface area (Å²) in [5.74, 6) is 0.466. The first-order valence-corrected chi connectivity index (χ1v) is 12.5. The summed E-state index contributed by atoms with van der Waals surface area (Å²) < 4.78 is 6.41. The fourth-order valence-electron chi connectivity index (χ4n) is 3.19. The Hall–Kier alpha value is -3.23. The third-order valence-electron chi connectivity index (χ3n) is 4.96. The molecule has 3 aromatic carbocycles. The first-order chi connectivity index (χ1) is 16.8. The molecule has 0 aliphatic rings. The minimum absolute atomic E-state index is 0.0933. The Kier molecular flexibility index (Phi) is 9.81. The van der Waals surface area contributed by atoms with Crippen LogP contribution >= 0.6 is 28.1 Å². The Morgan fingerprint density at radius 1 is 0.971 bits per heavy atom. The van der Waals surface area contributed by atoms with Crippen LogP contribution in [0.5, 0.6) is 5.75 Å². The summed E-state index contributed by atoms with van der Waals surface area (Å²) >= 11 is 8.78. The molecule has 8 heteroatoms. The van der Waals surface area contributed by atoms with Crippen LogP contribution in [0.15, 0.2) is 77.3 Å². The summed E-state index contributed by atoms with van der Waals surface area (Å²) in [6.07, 6.45) is 0.730. The highest BCUT2D eigenvalue weighted by Gasteiger charge is 2.14. The highest BCUT2D eigenvalue weighted by atomic mass is 79.9. The van der Waals surface area contributed by atoms with Crippen molar-refractivity contribution in [1.82, 2.24) is 10.6 Å². The molecular formula is C27H28BrN3O3S. The smallest absolute Gasteiger partial charge is 0.257 e. The van der Waals surface area contributed by atoms with Gasteiger partial charge >= 0.3 is 0 Å². The largest absolute Gasteiger partial charge is 0.492 e. The van der Waals surface area contributed by atoms with Crippen LogP contribution in [0, 0.1) is 5.92 Å². The van der Waals surface area contributed by atoms with E-state index in [0.29, 0.717) is 46.1 Å². The molecule has 0 saturated heterocycles. The molecule has 0 bridgehead atoms. The number of hydrogen-bond acceptors (Lipinski definition) is 4. The summed E-state index contributed by atoms with van der Waals surface area (Å²) in [7, 11) is 0. The lowest BCUT2D eigenvalue weighted by Gasteiger charge is -2.14. The fourth-order valence-corrected chi connectivity index (χ4v) is 3.89. The van der Waals surface area contributed by atoms with Gasteiger partial charge in [0.2, 0.25) is 0 Å². The number of anilines is 1. The van der Waals surface area contributed by atoms with Gasteiger partial charge in [0.25, 0.3) is 11.8 Å². The van der Waals surface area contributed by atoms with Crippen molar-refractivity contribution in [3.8, 4) is 5.75 Å². The maximum atomic E-state index is 12.7. The molecule has 0 aliphatic heterocycles. The minimum Gasteiger partial charge on any atom is -0.492 e. The number of ether oxygens (including phenoxy) is 1. The molecule has 0 unspecified atom stereocenters. The van der Waals surface area contributed by atoms with E-state index < -0.39 is 0 Å². The zero-order chi connectivity index (χ0) is 25.2. The van der Waals surface area contributed by atoms with Crippen LogP contribution in [0.4, 0.5) is 5.69 Å². The number of carbonyl (C=O) groups excluding carboxylic acids is 2. The minimum atomic E-state index is -0.372. The van der Waals surface area contributed by atoms with Crippen LogP contribution in [0.25, 0.3) is 0 Å². The Labute approximate surface area is 219 Å². The van der Waals surface area contributed by atoms with E-state index in [2.05, 4.69) is 45.7 Å². The highest BCUT2D eigenvalue weighted by molar-refractivity contribution is 9.10. The standard InChI is InChI=1S/C27H28BrN3O3S/c1-18(2)17-34-24-13-12-20(16-22(24)28)25(32)31-27(35)30-23-11-7-6-10-21(23)26(33)29-15-14-19-8-4-3-5-9-19/h3-13,16,18H,14-15,17H2,1-2H3,(H,29,33)(H2,30,31,32,35). The van der Waals surface area contributed by atoms with Crippen LogP contribution < -0.4 is 20.7 Å². The summed E-state index contributed by atoms with van der Waals surface area (Å²) in [4.78, 5) is 25.4. The Morgan fingerprint density at radius 2 is 1.69 bits per heavy atom. The van der Waals surface area contributed by atoms with Gasteiger partial charge in [-0.05, 0) is 76.4 Å². The molecule has 0 aromatic heterocycles. The Bertz CT molecular complexity index is 1190. The Balaban J connectivity index is 1.57. The quantitative estimate of drug-likeness (QED) is 0.301. The van der Waals surface area contributed by atoms with Gasteiger partial charge in [0, 0.05) is 12.1 Å². The summed E-state index contributed by atoms with van der Waals surface area (Å²) in [5.41, 5.74) is 2.51. The predicted octanol–water partition coefficient (Wildman–Crippen LogP) is 5.58. The van der Waals surface area contributed by atoms with Gasteiger partial charge in [0.15, 0.2) is 5.11 Å². The van der Waals surface area contributed by atoms with E-state index in [0.717, 1.165) is 12.0 Å². The fraction of sp³-hybridized carbons (Fsp3) is 0.222. The SMILES string of the molecule is CC(C)COc1ccc(C(=O)NC(=S)Nc2ccccc2C(=O)NCCc2ccccc2)cc1Br. The van der Waals surface area contributed by atoms with E-state index in [1.165, 1.54) is 0 Å². The molecule has 3 N–H and O–H groups in total. The molecule has 0 aliphatic carbocycles. The number of hydrogen-bond donors (Lipinski definition) is 3. The number of benzene rings is 3. The van der Waals surface area contributed by atoms with Crippen LogP contribution in [-0.2, 0) is 6.42 Å². The molecule has 182 valence electrons. The average Bonchev–Trinajstić information content (AvgIpc) is 2.84. The molecule has 0 spiro atoms. The maximum absolute atomic E-state index is 12.7. The van der Waals surface area contributed by atoms with E-state index >= 15 is 0 Å². The van der Waals surface area contributed by atoms with E-state index in [-0.39, 0.29) is 16.9 Å². The second-order valence-electron chi connectivity index (χ2n) is 8.30. The van der Waals surface area contributed by atoms with Gasteiger partial charge in [0.05, 0.1) is 22.3 Å². The van der Waals surface area contributed by atoms with E-state index in [1.807, 2.05) is 30.3 Å². The predicted molar refractivity (Wildman–Crippen MR) is 147 cm³/mol. The van der Waals surface area contributed by atoms with Crippen molar-refractivity contribution in [2.75, 3.05) is 18.5 Å². The molecule has 2 amide bonds. The topological polar surface area (TPSA) is 79.5 Å². The first-order valence-electron chi connectivity index (χ1n) is 11.3. The molecule has 6 nitrogen and oxygen atoms in total. The molecule has 0 saturated carbocycles. The molecule has 0 atom stereocenters. The maximum Gasteiger partial charge on any atom is 0.257 e. The molecule has 3 rings (SSSR count). The number of nitrogens with one attached hydrogen (secondary N) is 3. The lowest BCUT2D eigenvalue weighted by Crippen LogP contribution is -2.35. The van der Waals surface area contributed by atoms with Gasteiger partial charge in [-0.2, -0.15) is 0 Å². The normalized spacial score (nSPS) is 10.5. The van der Waals surface area contributed by atoms with Gasteiger partial charge in [-0.3, -0.25) is 14.9 Å². The molecule has 0 radical (unpaired) electrons. The van der Waals surface area contributed by atoms with Crippen molar-refractivity contribution >= 4 is 50.8 Å². The van der Waals surface area contributed by atoms with Crippen molar-refractivity contribution in [2.24, 2.45) is 5.92 Å². The summed E-state index contributed by atoms with van der Waals surface area (Å²) in [6, 6.07) is 22.1. The highest BCUT2D eigenvalue weighted by Crippen LogP contribution is 2.26. The molecular weight excluding hydrogens is 526 g/mol. The number of rotatable bonds is 9. The van der Waals surface area contributed by atoms with Crippen molar-refractivity contribution in [2.45, 2.75) is 20.3 Å². The van der Waals surface area contributed by atoms with Gasteiger partial charge < -0.3 is 15.4 Å². The zero-order valence-electron chi connectivity index (χ0n) is 19.6. The molecule has 0 heterocycles. The van der Waals surface area contributed by atoms with Gasteiger partial charge in [-0.1, -0.05) is 56.3 Å².